The Labute approximate surface area is 107 Å². The Kier molecular flexibility index (Phi) is 3.70. The van der Waals surface area contributed by atoms with Crippen LogP contribution in [0.2, 0.25) is 0 Å². The summed E-state index contributed by atoms with van der Waals surface area (Å²) in [5.41, 5.74) is 0. The van der Waals surface area contributed by atoms with Crippen LogP contribution < -0.4 is 4.72 Å². The lowest BCUT2D eigenvalue weighted by Crippen LogP contribution is -2.32. The topological polar surface area (TPSA) is 66.4 Å². The lowest BCUT2D eigenvalue weighted by molar-refractivity contribution is 0.155. The minimum atomic E-state index is -3.46. The molecule has 1 saturated carbocycles. The standard InChI is InChI=1S/C9H12BrNO3S2/c10-8-3-4-9(15-8)16(13,14)11-5-7(12)6-1-2-6/h3-4,6-7,11-12H,1-2,5H2. The van der Waals surface area contributed by atoms with Crippen LogP contribution in [0.1, 0.15) is 12.8 Å². The molecule has 4 nitrogen and oxygen atoms in total. The molecule has 0 radical (unpaired) electrons. The summed E-state index contributed by atoms with van der Waals surface area (Å²) in [6.45, 7) is 0.0997. The van der Waals surface area contributed by atoms with Crippen molar-refractivity contribution in [3.63, 3.8) is 0 Å². The van der Waals surface area contributed by atoms with Crippen molar-refractivity contribution in [3.05, 3.63) is 15.9 Å². The fourth-order valence-corrected chi connectivity index (χ4v) is 4.46. The van der Waals surface area contributed by atoms with Gasteiger partial charge in [-0.3, -0.25) is 0 Å². The first-order chi connectivity index (χ1) is 7.49. The van der Waals surface area contributed by atoms with E-state index in [0.717, 1.165) is 28.0 Å². The summed E-state index contributed by atoms with van der Waals surface area (Å²) in [7, 11) is -3.46. The van der Waals surface area contributed by atoms with Crippen LogP contribution in [-0.4, -0.2) is 26.2 Å². The lowest BCUT2D eigenvalue weighted by atomic mass is 10.2. The van der Waals surface area contributed by atoms with Crippen molar-refractivity contribution >= 4 is 37.3 Å². The smallest absolute Gasteiger partial charge is 0.250 e. The quantitative estimate of drug-likeness (QED) is 0.863. The molecule has 7 heteroatoms. The van der Waals surface area contributed by atoms with E-state index >= 15 is 0 Å². The van der Waals surface area contributed by atoms with Crippen LogP contribution in [0.15, 0.2) is 20.1 Å². The van der Waals surface area contributed by atoms with E-state index in [9.17, 15) is 13.5 Å². The van der Waals surface area contributed by atoms with Gasteiger partial charge in [0.2, 0.25) is 10.0 Å². The van der Waals surface area contributed by atoms with Gasteiger partial charge >= 0.3 is 0 Å². The molecule has 0 saturated heterocycles. The molecule has 1 aliphatic carbocycles. The molecule has 0 spiro atoms. The number of aliphatic hydroxyl groups excluding tert-OH is 1. The van der Waals surface area contributed by atoms with Crippen LogP contribution in [0.25, 0.3) is 0 Å². The number of nitrogens with one attached hydrogen (secondary N) is 1. The highest BCUT2D eigenvalue weighted by atomic mass is 79.9. The van der Waals surface area contributed by atoms with E-state index < -0.39 is 16.1 Å². The van der Waals surface area contributed by atoms with Crippen molar-refractivity contribution in [2.45, 2.75) is 23.2 Å². The predicted octanol–water partition coefficient (Wildman–Crippen LogP) is 1.56. The van der Waals surface area contributed by atoms with E-state index in [1.165, 1.54) is 0 Å². The van der Waals surface area contributed by atoms with E-state index in [2.05, 4.69) is 20.7 Å². The number of halogens is 1. The maximum Gasteiger partial charge on any atom is 0.250 e. The lowest BCUT2D eigenvalue weighted by Gasteiger charge is -2.09. The molecule has 1 atom stereocenters. The Morgan fingerprint density at radius 1 is 1.56 bits per heavy atom. The average molecular weight is 326 g/mol. The Morgan fingerprint density at radius 3 is 2.75 bits per heavy atom. The maximum atomic E-state index is 11.8. The molecule has 0 bridgehead atoms. The number of aliphatic hydroxyl groups is 1. The molecule has 1 aromatic rings. The largest absolute Gasteiger partial charge is 0.391 e. The predicted molar refractivity (Wildman–Crippen MR) is 65.9 cm³/mol. The van der Waals surface area contributed by atoms with Gasteiger partial charge in [0.25, 0.3) is 0 Å². The zero-order valence-electron chi connectivity index (χ0n) is 8.39. The van der Waals surface area contributed by atoms with Crippen LogP contribution in [-0.2, 0) is 10.0 Å². The summed E-state index contributed by atoms with van der Waals surface area (Å²) in [5.74, 6) is 0.276. The van der Waals surface area contributed by atoms with Gasteiger partial charge in [0.1, 0.15) is 4.21 Å². The Hall–Kier alpha value is 0.0500. The Morgan fingerprint density at radius 2 is 2.25 bits per heavy atom. The third-order valence-corrected chi connectivity index (χ3v) is 6.00. The molecule has 16 heavy (non-hydrogen) atoms. The van der Waals surface area contributed by atoms with Crippen LogP contribution in [0.3, 0.4) is 0 Å². The van der Waals surface area contributed by atoms with Gasteiger partial charge in [0.15, 0.2) is 0 Å². The maximum absolute atomic E-state index is 11.8. The number of hydrogen-bond donors (Lipinski definition) is 2. The molecule has 1 aliphatic rings. The molecule has 2 N–H and O–H groups in total. The summed E-state index contributed by atoms with van der Waals surface area (Å²) in [6.07, 6.45) is 1.43. The first-order valence-electron chi connectivity index (χ1n) is 4.92. The summed E-state index contributed by atoms with van der Waals surface area (Å²) in [6, 6.07) is 3.23. The summed E-state index contributed by atoms with van der Waals surface area (Å²) in [5, 5.41) is 9.57. The van der Waals surface area contributed by atoms with Crippen molar-refractivity contribution in [3.8, 4) is 0 Å². The molecule has 1 fully saturated rings. The first kappa shape index (κ1) is 12.5. The highest BCUT2D eigenvalue weighted by Crippen LogP contribution is 2.32. The number of thiophene rings is 1. The molecule has 1 unspecified atom stereocenters. The second-order valence-corrected chi connectivity index (χ2v) is 8.27. The second-order valence-electron chi connectivity index (χ2n) is 3.82. The highest BCUT2D eigenvalue weighted by molar-refractivity contribution is 9.11. The van der Waals surface area contributed by atoms with Crippen LogP contribution in [0, 0.1) is 5.92 Å². The summed E-state index contributed by atoms with van der Waals surface area (Å²) < 4.78 is 27.0. The summed E-state index contributed by atoms with van der Waals surface area (Å²) in [4.78, 5) is 0. The molecule has 0 aromatic carbocycles. The zero-order chi connectivity index (χ0) is 11.8. The van der Waals surface area contributed by atoms with Gasteiger partial charge in [-0.2, -0.15) is 0 Å². The third-order valence-electron chi connectivity index (χ3n) is 2.46. The number of sulfonamides is 1. The van der Waals surface area contributed by atoms with Gasteiger partial charge in [-0.25, -0.2) is 13.1 Å². The van der Waals surface area contributed by atoms with E-state index in [1.54, 1.807) is 12.1 Å². The van der Waals surface area contributed by atoms with E-state index in [1.807, 2.05) is 0 Å². The van der Waals surface area contributed by atoms with Crippen LogP contribution >= 0.6 is 27.3 Å². The molecular formula is C9H12BrNO3S2. The van der Waals surface area contributed by atoms with E-state index in [-0.39, 0.29) is 16.7 Å². The van der Waals surface area contributed by atoms with Crippen LogP contribution in [0.5, 0.6) is 0 Å². The van der Waals surface area contributed by atoms with Gasteiger partial charge in [0, 0.05) is 6.54 Å². The Balaban J connectivity index is 1.97. The average Bonchev–Trinajstić information content (AvgIpc) is 2.98. The third kappa shape index (κ3) is 3.04. The first-order valence-corrected chi connectivity index (χ1v) is 8.01. The monoisotopic (exact) mass is 325 g/mol. The minimum absolute atomic E-state index is 0.0997. The minimum Gasteiger partial charge on any atom is -0.391 e. The van der Waals surface area contributed by atoms with Crippen molar-refractivity contribution in [2.24, 2.45) is 5.92 Å². The fourth-order valence-electron chi connectivity index (χ4n) is 1.36. The number of rotatable bonds is 5. The zero-order valence-corrected chi connectivity index (χ0v) is 11.6. The molecule has 2 rings (SSSR count). The highest BCUT2D eigenvalue weighted by Gasteiger charge is 2.30. The van der Waals surface area contributed by atoms with Crippen molar-refractivity contribution in [1.82, 2.24) is 4.72 Å². The van der Waals surface area contributed by atoms with Crippen LogP contribution in [0.4, 0.5) is 0 Å². The Bertz CT molecular complexity index is 467. The molecule has 1 heterocycles. The number of hydrogen-bond acceptors (Lipinski definition) is 4. The van der Waals surface area contributed by atoms with E-state index in [0.29, 0.717) is 0 Å². The molecule has 0 amide bonds. The second kappa shape index (κ2) is 4.73. The van der Waals surface area contributed by atoms with Gasteiger partial charge < -0.3 is 5.11 Å². The van der Waals surface area contributed by atoms with Crippen molar-refractivity contribution in [2.75, 3.05) is 6.54 Å². The molecule has 0 aliphatic heterocycles. The van der Waals surface area contributed by atoms with Gasteiger partial charge in [-0.05, 0) is 46.8 Å². The van der Waals surface area contributed by atoms with Crippen molar-refractivity contribution in [1.29, 1.82) is 0 Å². The molecule has 90 valence electrons. The fraction of sp³-hybridized carbons (Fsp3) is 0.556. The van der Waals surface area contributed by atoms with Gasteiger partial charge in [-0.15, -0.1) is 11.3 Å². The van der Waals surface area contributed by atoms with E-state index in [4.69, 9.17) is 0 Å². The molecule has 1 aromatic heterocycles. The SMILES string of the molecule is O=S(=O)(NCC(O)C1CC1)c1ccc(Br)s1. The van der Waals surface area contributed by atoms with Gasteiger partial charge in [-0.1, -0.05) is 0 Å². The summed E-state index contributed by atoms with van der Waals surface area (Å²) >= 11 is 4.37. The molecular weight excluding hydrogens is 314 g/mol. The normalized spacial score (nSPS) is 18.6. The van der Waals surface area contributed by atoms with Crippen molar-refractivity contribution < 1.29 is 13.5 Å². The van der Waals surface area contributed by atoms with Gasteiger partial charge in [0.05, 0.1) is 9.89 Å².